The predicted octanol–water partition coefficient (Wildman–Crippen LogP) is -4.13. The lowest BCUT2D eigenvalue weighted by Crippen LogP contribution is -2.91. The van der Waals surface area contributed by atoms with E-state index in [0.717, 1.165) is 0 Å². The summed E-state index contributed by atoms with van der Waals surface area (Å²) in [6, 6.07) is 1.11. The van der Waals surface area contributed by atoms with Crippen molar-refractivity contribution in [3.63, 3.8) is 0 Å². The van der Waals surface area contributed by atoms with Gasteiger partial charge in [-0.05, 0) is 0 Å². The van der Waals surface area contributed by atoms with E-state index < -0.39 is 0 Å². The third-order valence-electron chi connectivity index (χ3n) is 6.91. The number of fused-ring (bicyclic) bond motifs is 6. The maximum Gasteiger partial charge on any atom is 0.114 e. The molecule has 0 aromatic heterocycles. The Morgan fingerprint density at radius 2 is 0.800 bits per heavy atom. The molecule has 1 saturated carbocycles. The van der Waals surface area contributed by atoms with Gasteiger partial charge in [0.05, 0.1) is 24.7 Å². The fourth-order valence-electron chi connectivity index (χ4n) is 6.49. The van der Waals surface area contributed by atoms with E-state index in [9.17, 15) is 0 Å². The monoisotopic (exact) mass is 276 g/mol. The summed E-state index contributed by atoms with van der Waals surface area (Å²) in [5, 5.41) is 30.0. The maximum absolute atomic E-state index is 3.86. The van der Waals surface area contributed by atoms with Crippen molar-refractivity contribution >= 4 is 0 Å². The zero-order valence-corrected chi connectivity index (χ0v) is 10.9. The topological polar surface area (TPSA) is 96.2 Å². The number of piperidine rings is 1. The van der Waals surface area contributed by atoms with Gasteiger partial charge in [0, 0.05) is 35.8 Å². The second-order valence-corrected chi connectivity index (χ2v) is 7.47. The van der Waals surface area contributed by atoms with Crippen molar-refractivity contribution in [2.45, 2.75) is 49.3 Å². The molecule has 10 bridgehead atoms. The minimum Gasteiger partial charge on any atom is -0.286 e. The molecule has 20 heavy (non-hydrogen) atoms. The van der Waals surface area contributed by atoms with Crippen molar-refractivity contribution in [1.82, 2.24) is 42.5 Å². The molecule has 6 saturated heterocycles. The van der Waals surface area contributed by atoms with E-state index in [1.54, 1.807) is 0 Å². The number of hydrogen-bond acceptors (Lipinski definition) is 8. The van der Waals surface area contributed by atoms with Crippen LogP contribution in [0.3, 0.4) is 0 Å². The summed E-state index contributed by atoms with van der Waals surface area (Å²) in [6.07, 6.45) is 2.23. The van der Waals surface area contributed by atoms with Crippen LogP contribution in [0.1, 0.15) is 0 Å². The molecule has 108 valence electrons. The first-order valence-corrected chi connectivity index (χ1v) is 7.95. The highest BCUT2D eigenvalue weighted by Gasteiger charge is 2.70. The quantitative estimate of drug-likeness (QED) is 0.226. The molecule has 0 spiro atoms. The molecule has 6 aliphatic heterocycles. The van der Waals surface area contributed by atoms with Gasteiger partial charge >= 0.3 is 0 Å². The Kier molecular flexibility index (Phi) is 1.59. The van der Waals surface area contributed by atoms with E-state index >= 15 is 0 Å². The fourth-order valence-corrected chi connectivity index (χ4v) is 6.49. The Hall–Kier alpha value is -0.320. The molecule has 1 aliphatic carbocycles. The molecular weight excluding hydrogens is 256 g/mol. The minimum absolute atomic E-state index is 0.256. The molecule has 6 heterocycles. The van der Waals surface area contributed by atoms with Crippen LogP contribution in [0.2, 0.25) is 0 Å². The average Bonchev–Trinajstić information content (AvgIpc) is 2.63. The minimum atomic E-state index is 0.256. The summed E-state index contributed by atoms with van der Waals surface area (Å²) in [7, 11) is 0. The van der Waals surface area contributed by atoms with Gasteiger partial charge in [0.15, 0.2) is 0 Å². The van der Waals surface area contributed by atoms with Crippen molar-refractivity contribution in [1.29, 1.82) is 0 Å². The smallest absolute Gasteiger partial charge is 0.114 e. The first-order chi connectivity index (χ1) is 9.87. The molecule has 0 radical (unpaired) electrons. The molecular formula is C12H20N8. The normalized spacial score (nSPS) is 74.4. The lowest BCUT2D eigenvalue weighted by atomic mass is 9.57. The zero-order chi connectivity index (χ0) is 12.6. The highest BCUT2D eigenvalue weighted by atomic mass is 15.5. The lowest BCUT2D eigenvalue weighted by molar-refractivity contribution is -0.128. The highest BCUT2D eigenvalue weighted by Crippen LogP contribution is 2.52. The molecule has 0 amide bonds. The third-order valence-corrected chi connectivity index (χ3v) is 6.91. The Morgan fingerprint density at radius 3 is 1.35 bits per heavy atom. The maximum atomic E-state index is 3.86. The van der Waals surface area contributed by atoms with Crippen LogP contribution >= 0.6 is 0 Å². The van der Waals surface area contributed by atoms with E-state index in [2.05, 4.69) is 42.5 Å². The van der Waals surface area contributed by atoms with Gasteiger partial charge < -0.3 is 0 Å². The largest absolute Gasteiger partial charge is 0.286 e. The van der Waals surface area contributed by atoms with Gasteiger partial charge in [-0.1, -0.05) is 0 Å². The molecule has 12 atom stereocenters. The van der Waals surface area contributed by atoms with Gasteiger partial charge in [0.2, 0.25) is 0 Å². The van der Waals surface area contributed by atoms with Crippen molar-refractivity contribution < 1.29 is 0 Å². The van der Waals surface area contributed by atoms with E-state index in [1.807, 2.05) is 0 Å². The van der Waals surface area contributed by atoms with Gasteiger partial charge in [0.1, 0.15) is 12.6 Å². The van der Waals surface area contributed by atoms with E-state index in [1.165, 1.54) is 0 Å². The van der Waals surface area contributed by atoms with E-state index in [0.29, 0.717) is 60.4 Å². The predicted molar refractivity (Wildman–Crippen MR) is 69.3 cm³/mol. The van der Waals surface area contributed by atoms with Gasteiger partial charge in [-0.25, -0.2) is 0 Å². The molecule has 0 aromatic carbocycles. The van der Waals surface area contributed by atoms with Crippen LogP contribution in [0.15, 0.2) is 0 Å². The summed E-state index contributed by atoms with van der Waals surface area (Å²) in [5.41, 5.74) is 0. The standard InChI is InChI=1S/C12H20N8/c13-6-3-1-2(8-15-7(1)17-11(13)18-8)5-4(6)10-16-9(3)19-12(14-5)20-10/h1-20H. The summed E-state index contributed by atoms with van der Waals surface area (Å²) >= 11 is 0. The van der Waals surface area contributed by atoms with Crippen LogP contribution in [0.4, 0.5) is 0 Å². The molecule has 12 unspecified atom stereocenters. The van der Waals surface area contributed by atoms with Gasteiger partial charge in [0.25, 0.3) is 0 Å². The molecule has 7 aliphatic rings. The summed E-state index contributed by atoms with van der Waals surface area (Å²) < 4.78 is 0. The van der Waals surface area contributed by atoms with Crippen LogP contribution < -0.4 is 42.5 Å². The van der Waals surface area contributed by atoms with Crippen LogP contribution in [-0.4, -0.2) is 49.3 Å². The second-order valence-electron chi connectivity index (χ2n) is 7.47. The van der Waals surface area contributed by atoms with E-state index in [4.69, 9.17) is 0 Å². The Labute approximate surface area is 116 Å². The third kappa shape index (κ3) is 0.957. The Balaban J connectivity index is 1.50. The zero-order valence-electron chi connectivity index (χ0n) is 10.9. The van der Waals surface area contributed by atoms with Crippen LogP contribution in [0.25, 0.3) is 0 Å². The fraction of sp³-hybridized carbons (Fsp3) is 1.00. The van der Waals surface area contributed by atoms with Gasteiger partial charge in [-0.3, -0.25) is 42.5 Å². The van der Waals surface area contributed by atoms with Gasteiger partial charge in [-0.15, -0.1) is 0 Å². The molecule has 8 N–H and O–H groups in total. The SMILES string of the molecule is N1C2NC3NC1C1C4NC5NC6NC(N5)C(C34)C6C1N2. The van der Waals surface area contributed by atoms with Crippen LogP contribution in [0.5, 0.6) is 0 Å². The Morgan fingerprint density at radius 1 is 0.350 bits per heavy atom. The molecule has 0 aromatic rings. The molecule has 8 heteroatoms. The first kappa shape index (κ1) is 10.4. The van der Waals surface area contributed by atoms with Crippen molar-refractivity contribution in [3.8, 4) is 0 Å². The molecule has 7 fully saturated rings. The van der Waals surface area contributed by atoms with Gasteiger partial charge in [-0.2, -0.15) is 0 Å². The van der Waals surface area contributed by atoms with E-state index in [-0.39, 0.29) is 12.6 Å². The average molecular weight is 276 g/mol. The molecule has 7 rings (SSSR count). The summed E-state index contributed by atoms with van der Waals surface area (Å²) in [4.78, 5) is 0. The van der Waals surface area contributed by atoms with Crippen molar-refractivity contribution in [3.05, 3.63) is 0 Å². The second kappa shape index (κ2) is 3.06. The summed E-state index contributed by atoms with van der Waals surface area (Å²) in [5.74, 6) is 2.65. The van der Waals surface area contributed by atoms with Crippen molar-refractivity contribution in [2.24, 2.45) is 23.7 Å². The van der Waals surface area contributed by atoms with Crippen LogP contribution in [-0.2, 0) is 0 Å². The molecule has 8 nitrogen and oxygen atoms in total. The lowest BCUT2D eigenvalue weighted by Gasteiger charge is -2.66. The highest BCUT2D eigenvalue weighted by molar-refractivity contribution is 5.24. The van der Waals surface area contributed by atoms with Crippen molar-refractivity contribution in [2.75, 3.05) is 0 Å². The van der Waals surface area contributed by atoms with Crippen LogP contribution in [0, 0.1) is 23.7 Å². The number of hydrogen-bond donors (Lipinski definition) is 8. The number of rotatable bonds is 0. The number of nitrogens with one attached hydrogen (secondary N) is 8. The Bertz CT molecular complexity index is 496. The first-order valence-electron chi connectivity index (χ1n) is 7.95. The summed E-state index contributed by atoms with van der Waals surface area (Å²) in [6.45, 7) is 0.